The van der Waals surface area contributed by atoms with E-state index in [0.29, 0.717) is 0 Å². The third-order valence-electron chi connectivity index (χ3n) is 2.32. The summed E-state index contributed by atoms with van der Waals surface area (Å²) in [4.78, 5) is 0. The minimum Gasteiger partial charge on any atom is -0.455 e. The lowest BCUT2D eigenvalue weighted by atomic mass is 10.2. The van der Waals surface area contributed by atoms with Crippen molar-refractivity contribution in [1.82, 2.24) is 0 Å². The Kier molecular flexibility index (Phi) is 2.27. The van der Waals surface area contributed by atoms with E-state index in [1.165, 1.54) is 5.56 Å². The predicted molar refractivity (Wildman–Crippen MR) is 53.7 cm³/mol. The van der Waals surface area contributed by atoms with Crippen molar-refractivity contribution in [3.63, 3.8) is 0 Å². The third-order valence-corrected chi connectivity index (χ3v) is 2.32. The molecule has 0 aliphatic heterocycles. The maximum Gasteiger partial charge on any atom is 0.166 e. The molecule has 0 bridgehead atoms. The van der Waals surface area contributed by atoms with Crippen molar-refractivity contribution in [2.75, 3.05) is 6.61 Å². The Morgan fingerprint density at radius 3 is 2.93 bits per heavy atom. The molecule has 74 valence electrons. The van der Waals surface area contributed by atoms with Crippen LogP contribution in [0.4, 0.5) is 0 Å². The predicted octanol–water partition coefficient (Wildman–Crippen LogP) is 1.02. The molecule has 3 nitrogen and oxygen atoms in total. The average molecular weight is 192 g/mol. The summed E-state index contributed by atoms with van der Waals surface area (Å²) in [5, 5.41) is 10.0. The molecule has 14 heavy (non-hydrogen) atoms. The second kappa shape index (κ2) is 3.44. The van der Waals surface area contributed by atoms with Gasteiger partial charge in [0.2, 0.25) is 0 Å². The molecule has 0 amide bonds. The summed E-state index contributed by atoms with van der Waals surface area (Å²) >= 11 is 0. The Morgan fingerprint density at radius 2 is 2.21 bits per heavy atom. The lowest BCUT2D eigenvalue weighted by Gasteiger charge is -1.97. The zero-order valence-electron chi connectivity index (χ0n) is 8.16. The number of aliphatic hydroxyl groups is 1. The Labute approximate surface area is 82.1 Å². The summed E-state index contributed by atoms with van der Waals surface area (Å²) in [6, 6.07) is 7.80. The minimum atomic E-state index is -0.178. The molecule has 2 rings (SSSR count). The van der Waals surface area contributed by atoms with Crippen molar-refractivity contribution in [2.45, 2.75) is 13.0 Å². The first kappa shape index (κ1) is 9.24. The smallest absolute Gasteiger partial charge is 0.166 e. The molecular weight excluding hydrogens is 178 g/mol. The van der Waals surface area contributed by atoms with E-state index in [1.807, 2.05) is 31.2 Å². The summed E-state index contributed by atoms with van der Waals surface area (Å²) in [5.74, 6) is 0.744. The number of hydrogen-bond donors (Lipinski definition) is 2. The molecular formula is C11H14NO2+. The first-order valence-electron chi connectivity index (χ1n) is 4.65. The molecule has 0 aliphatic rings. The van der Waals surface area contributed by atoms with Gasteiger partial charge in [-0.3, -0.25) is 0 Å². The fraction of sp³-hybridized carbons (Fsp3) is 0.273. The van der Waals surface area contributed by atoms with Gasteiger partial charge >= 0.3 is 0 Å². The third kappa shape index (κ3) is 1.52. The Balaban J connectivity index is 2.51. The van der Waals surface area contributed by atoms with E-state index in [0.717, 1.165) is 16.7 Å². The Morgan fingerprint density at radius 1 is 1.43 bits per heavy atom. The molecule has 2 aromatic rings. The summed E-state index contributed by atoms with van der Waals surface area (Å²) in [5.41, 5.74) is 5.83. The van der Waals surface area contributed by atoms with Crippen LogP contribution in [-0.2, 0) is 0 Å². The molecule has 0 radical (unpaired) electrons. The highest BCUT2D eigenvalue weighted by atomic mass is 16.3. The molecule has 0 fully saturated rings. The Bertz CT molecular complexity index is 447. The highest BCUT2D eigenvalue weighted by molar-refractivity contribution is 5.78. The number of aliphatic hydroxyl groups excluding tert-OH is 1. The SMILES string of the molecule is Cc1ccc2cc([C@H]([NH3+])CO)oc2c1. The average Bonchev–Trinajstić information content (AvgIpc) is 2.59. The minimum absolute atomic E-state index is 0.0127. The maximum atomic E-state index is 8.95. The fourth-order valence-electron chi connectivity index (χ4n) is 1.45. The second-order valence-electron chi connectivity index (χ2n) is 3.57. The molecule has 1 atom stereocenters. The molecule has 0 spiro atoms. The standard InChI is InChI=1S/C11H13NO2/c1-7-2-3-8-5-11(9(12)6-13)14-10(8)4-7/h2-5,9,13H,6,12H2,1H3/p+1/t9-/m1/s1. The zero-order chi connectivity index (χ0) is 10.1. The molecule has 0 unspecified atom stereocenters. The van der Waals surface area contributed by atoms with Gasteiger partial charge in [0.25, 0.3) is 0 Å². The van der Waals surface area contributed by atoms with E-state index >= 15 is 0 Å². The monoisotopic (exact) mass is 192 g/mol. The van der Waals surface area contributed by atoms with Crippen LogP contribution in [0.3, 0.4) is 0 Å². The molecule has 1 aromatic carbocycles. The van der Waals surface area contributed by atoms with Crippen LogP contribution < -0.4 is 5.73 Å². The van der Waals surface area contributed by atoms with Crippen LogP contribution in [0.15, 0.2) is 28.7 Å². The van der Waals surface area contributed by atoms with Crippen LogP contribution >= 0.6 is 0 Å². The molecule has 1 aromatic heterocycles. The molecule has 0 saturated heterocycles. The quantitative estimate of drug-likeness (QED) is 0.746. The van der Waals surface area contributed by atoms with E-state index in [1.54, 1.807) is 0 Å². The van der Waals surface area contributed by atoms with Gasteiger partial charge in [0, 0.05) is 5.39 Å². The van der Waals surface area contributed by atoms with Crippen molar-refractivity contribution in [1.29, 1.82) is 0 Å². The summed E-state index contributed by atoms with van der Waals surface area (Å²) in [6.07, 6.45) is 0. The number of fused-ring (bicyclic) bond motifs is 1. The van der Waals surface area contributed by atoms with Gasteiger partial charge in [-0.05, 0) is 24.6 Å². The number of hydrogen-bond acceptors (Lipinski definition) is 2. The molecule has 3 heteroatoms. The van der Waals surface area contributed by atoms with Crippen molar-refractivity contribution in [3.05, 3.63) is 35.6 Å². The highest BCUT2D eigenvalue weighted by Gasteiger charge is 2.13. The summed E-state index contributed by atoms with van der Waals surface area (Å²) in [7, 11) is 0. The van der Waals surface area contributed by atoms with Crippen molar-refractivity contribution in [2.24, 2.45) is 0 Å². The van der Waals surface area contributed by atoms with Gasteiger partial charge in [-0.15, -0.1) is 0 Å². The van der Waals surface area contributed by atoms with Gasteiger partial charge in [-0.1, -0.05) is 12.1 Å². The van der Waals surface area contributed by atoms with Gasteiger partial charge in [-0.2, -0.15) is 0 Å². The number of quaternary nitrogens is 1. The van der Waals surface area contributed by atoms with E-state index < -0.39 is 0 Å². The lowest BCUT2D eigenvalue weighted by molar-refractivity contribution is -0.435. The van der Waals surface area contributed by atoms with Gasteiger partial charge in [-0.25, -0.2) is 0 Å². The number of benzene rings is 1. The van der Waals surface area contributed by atoms with Crippen molar-refractivity contribution in [3.8, 4) is 0 Å². The molecule has 1 heterocycles. The maximum absolute atomic E-state index is 8.95. The Hall–Kier alpha value is -1.32. The lowest BCUT2D eigenvalue weighted by Crippen LogP contribution is -2.55. The fourth-order valence-corrected chi connectivity index (χ4v) is 1.45. The van der Waals surface area contributed by atoms with Gasteiger partial charge in [0.05, 0.1) is 0 Å². The van der Waals surface area contributed by atoms with Crippen LogP contribution in [0.2, 0.25) is 0 Å². The topological polar surface area (TPSA) is 61.0 Å². The van der Waals surface area contributed by atoms with Crippen molar-refractivity contribution >= 4 is 11.0 Å². The van der Waals surface area contributed by atoms with Crippen LogP contribution in [-0.4, -0.2) is 11.7 Å². The molecule has 4 N–H and O–H groups in total. The largest absolute Gasteiger partial charge is 0.455 e. The number of rotatable bonds is 2. The van der Waals surface area contributed by atoms with Crippen molar-refractivity contribution < 1.29 is 15.3 Å². The van der Waals surface area contributed by atoms with Gasteiger partial charge in [0.15, 0.2) is 11.8 Å². The summed E-state index contributed by atoms with van der Waals surface area (Å²) < 4.78 is 5.58. The number of furan rings is 1. The highest BCUT2D eigenvalue weighted by Crippen LogP contribution is 2.22. The first-order valence-corrected chi connectivity index (χ1v) is 4.65. The van der Waals surface area contributed by atoms with Crippen LogP contribution in [0.1, 0.15) is 17.4 Å². The van der Waals surface area contributed by atoms with E-state index in [-0.39, 0.29) is 12.6 Å². The number of aryl methyl sites for hydroxylation is 1. The van der Waals surface area contributed by atoms with Crippen LogP contribution in [0, 0.1) is 6.92 Å². The van der Waals surface area contributed by atoms with E-state index in [4.69, 9.17) is 9.52 Å². The first-order chi connectivity index (χ1) is 6.70. The van der Waals surface area contributed by atoms with Crippen LogP contribution in [0.5, 0.6) is 0 Å². The normalized spacial score (nSPS) is 13.4. The van der Waals surface area contributed by atoms with Crippen LogP contribution in [0.25, 0.3) is 11.0 Å². The summed E-state index contributed by atoms with van der Waals surface area (Å²) in [6.45, 7) is 2.04. The van der Waals surface area contributed by atoms with Gasteiger partial charge < -0.3 is 15.3 Å². The van der Waals surface area contributed by atoms with Gasteiger partial charge in [0.1, 0.15) is 12.2 Å². The molecule has 0 aliphatic carbocycles. The second-order valence-corrected chi connectivity index (χ2v) is 3.57. The van der Waals surface area contributed by atoms with E-state index in [9.17, 15) is 0 Å². The zero-order valence-corrected chi connectivity index (χ0v) is 8.16. The van der Waals surface area contributed by atoms with E-state index in [2.05, 4.69) is 5.73 Å². The molecule has 0 saturated carbocycles.